The molecule has 6 rings (SSSR count). The third-order valence-electron chi connectivity index (χ3n) is 7.82. The summed E-state index contributed by atoms with van der Waals surface area (Å²) < 4.78 is 5.66. The van der Waals surface area contributed by atoms with Crippen molar-refractivity contribution in [2.24, 2.45) is 11.8 Å². The van der Waals surface area contributed by atoms with Crippen LogP contribution in [0.4, 0.5) is 5.69 Å². The fourth-order valence-corrected chi connectivity index (χ4v) is 6.98. The number of carbonyl (C=O) groups is 4. The highest BCUT2D eigenvalue weighted by Crippen LogP contribution is 2.64. The van der Waals surface area contributed by atoms with Crippen LogP contribution in [0.5, 0.6) is 0 Å². The quantitative estimate of drug-likeness (QED) is 0.739. The van der Waals surface area contributed by atoms with E-state index < -0.39 is 41.7 Å². The van der Waals surface area contributed by atoms with Gasteiger partial charge in [0.1, 0.15) is 6.61 Å². The van der Waals surface area contributed by atoms with Gasteiger partial charge in [-0.3, -0.25) is 14.4 Å². The molecule has 5 aliphatic rings. The first kappa shape index (κ1) is 17.1. The molecule has 3 saturated heterocycles. The molecule has 8 heteroatoms. The van der Waals surface area contributed by atoms with Crippen molar-refractivity contribution in [2.45, 2.75) is 42.9 Å². The number of hydrogen-bond donors (Lipinski definition) is 1. The number of amides is 2. The fraction of sp³-hybridized carbons (Fsp3) is 0.524. The Labute approximate surface area is 166 Å². The van der Waals surface area contributed by atoms with Gasteiger partial charge >= 0.3 is 5.97 Å². The second-order valence-electron chi connectivity index (χ2n) is 8.76. The molecule has 2 amide bonds. The van der Waals surface area contributed by atoms with E-state index in [0.29, 0.717) is 19.4 Å². The number of benzene rings is 1. The third-order valence-corrected chi connectivity index (χ3v) is 7.82. The van der Waals surface area contributed by atoms with E-state index in [-0.39, 0.29) is 30.3 Å². The predicted molar refractivity (Wildman–Crippen MR) is 98.1 cm³/mol. The van der Waals surface area contributed by atoms with Gasteiger partial charge in [-0.1, -0.05) is 18.2 Å². The van der Waals surface area contributed by atoms with Crippen LogP contribution in [0.25, 0.3) is 0 Å². The molecule has 1 N–H and O–H groups in total. The summed E-state index contributed by atoms with van der Waals surface area (Å²) in [5.74, 6) is -3.00. The number of piperidine rings is 2. The summed E-state index contributed by atoms with van der Waals surface area (Å²) in [5, 5.41) is 9.09. The van der Waals surface area contributed by atoms with Crippen molar-refractivity contribution in [1.82, 2.24) is 4.90 Å². The number of ether oxygens (including phenoxy) is 1. The van der Waals surface area contributed by atoms with Crippen molar-refractivity contribution >= 4 is 29.3 Å². The lowest BCUT2D eigenvalue weighted by molar-refractivity contribution is -0.166. The summed E-state index contributed by atoms with van der Waals surface area (Å²) in [6.07, 6.45) is 0.581. The van der Waals surface area contributed by atoms with Crippen molar-refractivity contribution in [3.05, 3.63) is 29.8 Å². The Morgan fingerprint density at radius 3 is 2.83 bits per heavy atom. The number of ketones is 1. The summed E-state index contributed by atoms with van der Waals surface area (Å²) >= 11 is 0. The van der Waals surface area contributed by atoms with Crippen LogP contribution in [0.2, 0.25) is 0 Å². The molecule has 1 aromatic rings. The van der Waals surface area contributed by atoms with E-state index in [1.54, 1.807) is 4.90 Å². The number of carbonyl (C=O) groups excluding carboxylic acids is 3. The Morgan fingerprint density at radius 1 is 1.24 bits per heavy atom. The average Bonchev–Trinajstić information content (AvgIpc) is 3.24. The minimum atomic E-state index is -1.11. The maximum atomic E-state index is 13.2. The highest BCUT2D eigenvalue weighted by atomic mass is 16.5. The van der Waals surface area contributed by atoms with Crippen LogP contribution in [0.15, 0.2) is 24.3 Å². The summed E-state index contributed by atoms with van der Waals surface area (Å²) in [4.78, 5) is 53.7. The Balaban J connectivity index is 1.56. The van der Waals surface area contributed by atoms with Crippen molar-refractivity contribution in [3.63, 3.8) is 0 Å². The van der Waals surface area contributed by atoms with Crippen molar-refractivity contribution < 1.29 is 29.0 Å². The molecular formula is C21H20N2O6. The monoisotopic (exact) mass is 396 g/mol. The first-order valence-electron chi connectivity index (χ1n) is 10.0. The van der Waals surface area contributed by atoms with E-state index in [9.17, 15) is 19.2 Å². The van der Waals surface area contributed by atoms with Gasteiger partial charge in [-0.2, -0.15) is 0 Å². The van der Waals surface area contributed by atoms with E-state index in [2.05, 4.69) is 0 Å². The molecule has 8 nitrogen and oxygen atoms in total. The van der Waals surface area contributed by atoms with Gasteiger partial charge in [-0.25, -0.2) is 4.79 Å². The van der Waals surface area contributed by atoms with E-state index in [4.69, 9.17) is 9.84 Å². The highest BCUT2D eigenvalue weighted by Gasteiger charge is 2.72. The summed E-state index contributed by atoms with van der Waals surface area (Å²) in [5.41, 5.74) is 1.50. The van der Waals surface area contributed by atoms with Crippen LogP contribution in [0.3, 0.4) is 0 Å². The summed E-state index contributed by atoms with van der Waals surface area (Å²) in [7, 11) is 0. The lowest BCUT2D eigenvalue weighted by Crippen LogP contribution is -2.71. The molecule has 0 unspecified atom stereocenters. The molecule has 1 aromatic carbocycles. The normalized spacial score (nSPS) is 38.9. The first-order valence-corrected chi connectivity index (χ1v) is 10.0. The van der Waals surface area contributed by atoms with Gasteiger partial charge in [0.15, 0.2) is 0 Å². The second-order valence-corrected chi connectivity index (χ2v) is 8.76. The van der Waals surface area contributed by atoms with Crippen molar-refractivity contribution in [1.29, 1.82) is 0 Å². The van der Waals surface area contributed by atoms with Crippen molar-refractivity contribution in [2.75, 3.05) is 18.1 Å². The number of carboxylic acid groups (broad SMARTS) is 1. The van der Waals surface area contributed by atoms with Gasteiger partial charge in [-0.05, 0) is 24.5 Å². The van der Waals surface area contributed by atoms with E-state index in [1.807, 2.05) is 29.2 Å². The molecule has 4 heterocycles. The first-order chi connectivity index (χ1) is 13.9. The van der Waals surface area contributed by atoms with Gasteiger partial charge < -0.3 is 19.6 Å². The Hall–Kier alpha value is -2.74. The molecule has 1 spiro atoms. The van der Waals surface area contributed by atoms with E-state index in [0.717, 1.165) is 11.3 Å². The van der Waals surface area contributed by atoms with E-state index in [1.165, 1.54) is 0 Å². The van der Waals surface area contributed by atoms with Crippen LogP contribution >= 0.6 is 0 Å². The van der Waals surface area contributed by atoms with Gasteiger partial charge in [0.25, 0.3) is 5.91 Å². The zero-order valence-corrected chi connectivity index (χ0v) is 15.6. The number of fused-ring (bicyclic) bond motifs is 4. The molecule has 150 valence electrons. The molecular weight excluding hydrogens is 376 g/mol. The molecule has 4 aliphatic heterocycles. The minimum Gasteiger partial charge on any atom is -0.480 e. The lowest BCUT2D eigenvalue weighted by Gasteiger charge is -2.57. The average molecular weight is 396 g/mol. The van der Waals surface area contributed by atoms with Crippen LogP contribution in [0, 0.1) is 11.8 Å². The fourth-order valence-electron chi connectivity index (χ4n) is 6.98. The number of nitrogens with zero attached hydrogens (tertiary/aromatic N) is 2. The smallest absolute Gasteiger partial charge is 0.329 e. The zero-order chi connectivity index (χ0) is 20.1. The van der Waals surface area contributed by atoms with Gasteiger partial charge in [0.2, 0.25) is 11.7 Å². The number of anilines is 1. The Kier molecular flexibility index (Phi) is 3.22. The predicted octanol–water partition coefficient (Wildman–Crippen LogP) is 0.333. The molecule has 29 heavy (non-hydrogen) atoms. The van der Waals surface area contributed by atoms with Crippen LogP contribution in [-0.4, -0.2) is 64.9 Å². The minimum absolute atomic E-state index is 0.0191. The highest BCUT2D eigenvalue weighted by molar-refractivity contribution is 6.38. The molecule has 4 fully saturated rings. The number of rotatable bonds is 3. The lowest BCUT2D eigenvalue weighted by atomic mass is 9.54. The molecule has 0 aromatic heterocycles. The number of hydrogen-bond acceptors (Lipinski definition) is 5. The number of aliphatic carboxylic acids is 1. The third kappa shape index (κ3) is 1.88. The molecule has 0 radical (unpaired) electrons. The molecule has 2 bridgehead atoms. The van der Waals surface area contributed by atoms with Crippen LogP contribution in [-0.2, 0) is 29.3 Å². The van der Waals surface area contributed by atoms with Gasteiger partial charge in [-0.15, -0.1) is 0 Å². The standard InChI is InChI=1S/C21H20N2O6/c24-15-8-13(29-9-16(25)26)17-10-7-14-21(5-6-22(14)20(28)18(10)27)11-3-1-2-4-12(11)23(15)19(17)21/h1-4,10,13-14,17,19H,5-9H2,(H,25,26)/t10-,13-,14-,17-,19-,21-/m0/s1. The molecule has 1 aliphatic carbocycles. The largest absolute Gasteiger partial charge is 0.480 e. The van der Waals surface area contributed by atoms with Crippen LogP contribution < -0.4 is 4.90 Å². The van der Waals surface area contributed by atoms with Gasteiger partial charge in [0, 0.05) is 35.5 Å². The topological polar surface area (TPSA) is 104 Å². The van der Waals surface area contributed by atoms with Crippen molar-refractivity contribution in [3.8, 4) is 0 Å². The molecule has 1 saturated carbocycles. The van der Waals surface area contributed by atoms with E-state index >= 15 is 0 Å². The maximum Gasteiger partial charge on any atom is 0.329 e. The van der Waals surface area contributed by atoms with Crippen LogP contribution in [0.1, 0.15) is 24.8 Å². The molecule has 6 atom stereocenters. The van der Waals surface area contributed by atoms with Gasteiger partial charge in [0.05, 0.1) is 18.6 Å². The summed E-state index contributed by atoms with van der Waals surface area (Å²) in [6, 6.07) is 7.43. The Bertz CT molecular complexity index is 991. The SMILES string of the molecule is O=C(O)CO[C@H]1CC(=O)N2c3ccccc3[C@@]34CCN5C(=O)C(=O)[C@@H](C[C@H]53)[C@@H]1[C@H]24. The zero-order valence-electron chi connectivity index (χ0n) is 15.6. The maximum absolute atomic E-state index is 13.2. The summed E-state index contributed by atoms with van der Waals surface area (Å²) in [6.45, 7) is -0.0201. The number of carboxylic acids is 1. The second kappa shape index (κ2) is 5.44. The number of para-hydroxylation sites is 1. The Morgan fingerprint density at radius 2 is 2.03 bits per heavy atom. The number of Topliss-reactive ketones (excluding diaryl/α,β-unsaturated/α-hetero) is 1.